The minimum atomic E-state index is -0.645. The molecule has 0 unspecified atom stereocenters. The normalized spacial score (nSPS) is 10.7. The lowest BCUT2D eigenvalue weighted by molar-refractivity contribution is -0.138. The van der Waals surface area contributed by atoms with E-state index in [9.17, 15) is 4.79 Å². The van der Waals surface area contributed by atoms with Gasteiger partial charge in [-0.3, -0.25) is 0 Å². The van der Waals surface area contributed by atoms with Crippen molar-refractivity contribution >= 4 is 5.97 Å². The Morgan fingerprint density at radius 3 is 2.69 bits per heavy atom. The highest BCUT2D eigenvalue weighted by Crippen LogP contribution is 1.99. The van der Waals surface area contributed by atoms with E-state index in [1.165, 1.54) is 7.11 Å². The van der Waals surface area contributed by atoms with Crippen molar-refractivity contribution in [3.63, 3.8) is 0 Å². The highest BCUT2D eigenvalue weighted by molar-refractivity contribution is 5.92. The van der Waals surface area contributed by atoms with Crippen LogP contribution in [0.25, 0.3) is 0 Å². The molecule has 0 rings (SSSR count). The summed E-state index contributed by atoms with van der Waals surface area (Å²) < 4.78 is 14.5. The van der Waals surface area contributed by atoms with Crippen LogP contribution in [0.1, 0.15) is 19.8 Å². The largest absolute Gasteiger partial charge is 0.497 e. The number of nitrogens with zero attached hydrogens (tertiary/aromatic N) is 1. The Kier molecular flexibility index (Phi) is 9.03. The SMILES string of the molecule is CCCCOC(=O)/C(C#N)=C/OCCOC. The Balaban J connectivity index is 3.96. The molecule has 0 saturated heterocycles. The van der Waals surface area contributed by atoms with Crippen LogP contribution in [0.4, 0.5) is 0 Å². The van der Waals surface area contributed by atoms with Gasteiger partial charge in [-0.15, -0.1) is 0 Å². The number of esters is 1. The van der Waals surface area contributed by atoms with Crippen molar-refractivity contribution in [2.45, 2.75) is 19.8 Å². The number of hydrogen-bond donors (Lipinski definition) is 0. The third kappa shape index (κ3) is 6.85. The van der Waals surface area contributed by atoms with Crippen molar-refractivity contribution in [2.75, 3.05) is 26.9 Å². The number of unbranched alkanes of at least 4 members (excludes halogenated alkanes) is 1. The molecule has 0 aromatic rings. The van der Waals surface area contributed by atoms with Crippen LogP contribution >= 0.6 is 0 Å². The molecular formula is C11H17NO4. The lowest BCUT2D eigenvalue weighted by Gasteiger charge is -2.03. The van der Waals surface area contributed by atoms with Crippen LogP contribution in [0.15, 0.2) is 11.8 Å². The van der Waals surface area contributed by atoms with Gasteiger partial charge in [0.1, 0.15) is 18.9 Å². The Hall–Kier alpha value is -1.54. The molecule has 90 valence electrons. The summed E-state index contributed by atoms with van der Waals surface area (Å²) in [5.74, 6) is -0.645. The van der Waals surface area contributed by atoms with Crippen LogP contribution in [0.5, 0.6) is 0 Å². The molecule has 0 amide bonds. The highest BCUT2D eigenvalue weighted by Gasteiger charge is 2.10. The van der Waals surface area contributed by atoms with Crippen LogP contribution in [0.2, 0.25) is 0 Å². The summed E-state index contributed by atoms with van der Waals surface area (Å²) in [5, 5.41) is 8.68. The van der Waals surface area contributed by atoms with Gasteiger partial charge in [0.25, 0.3) is 0 Å². The standard InChI is InChI=1S/C11H17NO4/c1-3-4-5-16-11(13)10(8-12)9-15-7-6-14-2/h9H,3-7H2,1-2H3/b10-9+. The average molecular weight is 227 g/mol. The van der Waals surface area contributed by atoms with Gasteiger partial charge in [0.2, 0.25) is 0 Å². The number of nitriles is 1. The van der Waals surface area contributed by atoms with E-state index in [0.29, 0.717) is 19.8 Å². The Morgan fingerprint density at radius 1 is 1.38 bits per heavy atom. The summed E-state index contributed by atoms with van der Waals surface area (Å²) in [6.45, 7) is 3.01. The molecule has 0 aromatic heterocycles. The molecule has 0 saturated carbocycles. The number of carbonyl (C=O) groups excluding carboxylic acids is 1. The number of ether oxygens (including phenoxy) is 3. The lowest BCUT2D eigenvalue weighted by Crippen LogP contribution is -2.09. The zero-order valence-electron chi connectivity index (χ0n) is 9.69. The van der Waals surface area contributed by atoms with Gasteiger partial charge in [-0.2, -0.15) is 5.26 Å². The second-order valence-corrected chi connectivity index (χ2v) is 3.00. The Morgan fingerprint density at radius 2 is 2.12 bits per heavy atom. The van der Waals surface area contributed by atoms with Gasteiger partial charge in [0.15, 0.2) is 5.57 Å². The van der Waals surface area contributed by atoms with E-state index < -0.39 is 5.97 Å². The summed E-state index contributed by atoms with van der Waals surface area (Å²) in [4.78, 5) is 11.3. The molecule has 0 atom stereocenters. The number of rotatable bonds is 8. The van der Waals surface area contributed by atoms with E-state index in [-0.39, 0.29) is 5.57 Å². The first kappa shape index (κ1) is 14.5. The summed E-state index contributed by atoms with van der Waals surface area (Å²) >= 11 is 0. The number of hydrogen-bond acceptors (Lipinski definition) is 5. The Bertz CT molecular complexity index is 268. The van der Waals surface area contributed by atoms with Crippen LogP contribution < -0.4 is 0 Å². The van der Waals surface area contributed by atoms with Gasteiger partial charge in [0, 0.05) is 7.11 Å². The summed E-state index contributed by atoms with van der Waals surface area (Å²) in [7, 11) is 1.54. The van der Waals surface area contributed by atoms with Crippen molar-refractivity contribution in [3.8, 4) is 6.07 Å². The quantitative estimate of drug-likeness (QED) is 0.206. The van der Waals surface area contributed by atoms with Crippen molar-refractivity contribution in [1.29, 1.82) is 5.26 Å². The van der Waals surface area contributed by atoms with Crippen molar-refractivity contribution in [3.05, 3.63) is 11.8 Å². The fourth-order valence-electron chi connectivity index (χ4n) is 0.781. The maximum atomic E-state index is 11.3. The third-order valence-corrected chi connectivity index (χ3v) is 1.68. The molecular weight excluding hydrogens is 210 g/mol. The van der Waals surface area contributed by atoms with Gasteiger partial charge < -0.3 is 14.2 Å². The van der Waals surface area contributed by atoms with E-state index in [1.54, 1.807) is 6.07 Å². The molecule has 5 heteroatoms. The molecule has 0 fully saturated rings. The Labute approximate surface area is 95.6 Å². The molecule has 0 aliphatic carbocycles. The summed E-state index contributed by atoms with van der Waals surface area (Å²) in [6, 6.07) is 1.73. The molecule has 0 aliphatic heterocycles. The predicted octanol–water partition coefficient (Wildman–Crippen LogP) is 1.40. The number of carbonyl (C=O) groups is 1. The first-order valence-corrected chi connectivity index (χ1v) is 5.14. The van der Waals surface area contributed by atoms with Gasteiger partial charge in [-0.1, -0.05) is 13.3 Å². The minimum Gasteiger partial charge on any atom is -0.497 e. The van der Waals surface area contributed by atoms with Crippen LogP contribution in [0, 0.1) is 11.3 Å². The summed E-state index contributed by atoms with van der Waals surface area (Å²) in [5.41, 5.74) is -0.132. The van der Waals surface area contributed by atoms with E-state index >= 15 is 0 Å². The molecule has 0 aromatic carbocycles. The van der Waals surface area contributed by atoms with Crippen molar-refractivity contribution in [1.82, 2.24) is 0 Å². The predicted molar refractivity (Wildman–Crippen MR) is 57.4 cm³/mol. The fraction of sp³-hybridized carbons (Fsp3) is 0.636. The van der Waals surface area contributed by atoms with Gasteiger partial charge in [0.05, 0.1) is 13.2 Å². The second kappa shape index (κ2) is 9.99. The lowest BCUT2D eigenvalue weighted by atomic mass is 10.3. The molecule has 0 radical (unpaired) electrons. The maximum Gasteiger partial charge on any atom is 0.352 e. The first-order chi connectivity index (χ1) is 7.76. The zero-order chi connectivity index (χ0) is 12.2. The average Bonchev–Trinajstić information content (AvgIpc) is 2.29. The summed E-state index contributed by atoms with van der Waals surface area (Å²) in [6.07, 6.45) is 2.82. The molecule has 5 nitrogen and oxygen atoms in total. The smallest absolute Gasteiger partial charge is 0.352 e. The van der Waals surface area contributed by atoms with Gasteiger partial charge in [-0.05, 0) is 6.42 Å². The molecule has 0 aliphatic rings. The first-order valence-electron chi connectivity index (χ1n) is 5.14. The zero-order valence-corrected chi connectivity index (χ0v) is 9.69. The van der Waals surface area contributed by atoms with Crippen molar-refractivity contribution in [2.24, 2.45) is 0 Å². The van der Waals surface area contributed by atoms with Gasteiger partial charge in [-0.25, -0.2) is 4.79 Å². The van der Waals surface area contributed by atoms with E-state index in [2.05, 4.69) is 0 Å². The van der Waals surface area contributed by atoms with E-state index in [4.69, 9.17) is 19.5 Å². The maximum absolute atomic E-state index is 11.3. The second-order valence-electron chi connectivity index (χ2n) is 3.00. The van der Waals surface area contributed by atoms with Crippen molar-refractivity contribution < 1.29 is 19.0 Å². The van der Waals surface area contributed by atoms with Gasteiger partial charge >= 0.3 is 5.97 Å². The molecule has 0 spiro atoms. The minimum absolute atomic E-state index is 0.132. The van der Waals surface area contributed by atoms with Crippen LogP contribution in [-0.4, -0.2) is 32.9 Å². The fourth-order valence-corrected chi connectivity index (χ4v) is 0.781. The van der Waals surface area contributed by atoms with E-state index in [1.807, 2.05) is 6.92 Å². The van der Waals surface area contributed by atoms with E-state index in [0.717, 1.165) is 19.1 Å². The molecule has 16 heavy (non-hydrogen) atoms. The number of methoxy groups -OCH3 is 1. The molecule has 0 heterocycles. The topological polar surface area (TPSA) is 68.6 Å². The molecule has 0 bridgehead atoms. The highest BCUT2D eigenvalue weighted by atomic mass is 16.5. The third-order valence-electron chi connectivity index (χ3n) is 1.68. The monoisotopic (exact) mass is 227 g/mol. The van der Waals surface area contributed by atoms with Crippen LogP contribution in [-0.2, 0) is 19.0 Å². The molecule has 0 N–H and O–H groups in total. The van der Waals surface area contributed by atoms with Crippen LogP contribution in [0.3, 0.4) is 0 Å².